The molecule has 0 aliphatic heterocycles. The number of unbranched alkanes of at least 4 members (excludes halogenated alkanes) is 15. The minimum absolute atomic E-state index is 1.32. The fourth-order valence-corrected chi connectivity index (χ4v) is 23.2. The first kappa shape index (κ1) is 26.8. The van der Waals surface area contributed by atoms with Gasteiger partial charge in [0.15, 0.2) is 0 Å². The maximum atomic E-state index is 2.34. The van der Waals surface area contributed by atoms with Crippen LogP contribution < -0.4 is 0 Å². The fourth-order valence-electron chi connectivity index (χ4n) is 5.46. The van der Waals surface area contributed by atoms with Crippen LogP contribution in [0.5, 0.6) is 0 Å². The van der Waals surface area contributed by atoms with E-state index >= 15 is 0 Å². The molecule has 0 aromatic carbocycles. The average Bonchev–Trinajstić information content (AvgIpc) is 3.55. The summed E-state index contributed by atoms with van der Waals surface area (Å²) in [7, 11) is 0. The summed E-state index contributed by atoms with van der Waals surface area (Å²) in [6.07, 6.45) is 30.4. The van der Waals surface area contributed by atoms with Crippen LogP contribution in [0.15, 0.2) is 0 Å². The van der Waals surface area contributed by atoms with E-state index in [1.54, 1.807) is 64.7 Å². The second-order valence-electron chi connectivity index (χ2n) is 10.2. The maximum absolute atomic E-state index is 2.34. The third-order valence-corrected chi connectivity index (χ3v) is 25.7. The molecule has 1 heteroatoms. The van der Waals surface area contributed by atoms with E-state index in [9.17, 15) is 0 Å². The Balaban J connectivity index is 2.39. The molecule has 0 spiro atoms. The van der Waals surface area contributed by atoms with Gasteiger partial charge in [0, 0.05) is 0 Å². The van der Waals surface area contributed by atoms with Gasteiger partial charge in [-0.2, -0.15) is 0 Å². The van der Waals surface area contributed by atoms with Crippen LogP contribution in [0, 0.1) is 0 Å². The molecular weight excluding hydrogens is 443 g/mol. The Labute approximate surface area is 184 Å². The second kappa shape index (κ2) is 18.6. The number of hydrogen-bond acceptors (Lipinski definition) is 0. The van der Waals surface area contributed by atoms with Crippen LogP contribution in [0.2, 0.25) is 17.2 Å². The summed E-state index contributed by atoms with van der Waals surface area (Å²) in [5.41, 5.74) is 0. The normalized spacial score (nSPS) is 14.7. The average molecular weight is 499 g/mol. The standard InChI is InChI=1S/3C8H17.C3H5.Sn/c3*1-3-5-7-8-6-4-2;1-2-3-1;/h3*1,3-8H2,2H3;1H,2-3H2;. The molecule has 0 N–H and O–H groups in total. The molecular formula is C27H56Sn. The van der Waals surface area contributed by atoms with Crippen molar-refractivity contribution in [3.8, 4) is 0 Å². The Kier molecular flexibility index (Phi) is 17.8. The summed E-state index contributed by atoms with van der Waals surface area (Å²) < 4.78 is 6.64. The third kappa shape index (κ3) is 13.2. The van der Waals surface area contributed by atoms with Crippen LogP contribution in [-0.2, 0) is 0 Å². The molecule has 1 fully saturated rings. The van der Waals surface area contributed by atoms with Crippen LogP contribution in [0.3, 0.4) is 0 Å². The van der Waals surface area contributed by atoms with Gasteiger partial charge in [0.05, 0.1) is 0 Å². The van der Waals surface area contributed by atoms with E-state index in [2.05, 4.69) is 20.8 Å². The summed E-state index contributed by atoms with van der Waals surface area (Å²) >= 11 is -1.85. The van der Waals surface area contributed by atoms with Crippen molar-refractivity contribution in [2.24, 2.45) is 0 Å². The molecule has 0 atom stereocenters. The molecule has 0 bridgehead atoms. The van der Waals surface area contributed by atoms with E-state index in [1.165, 1.54) is 81.0 Å². The topological polar surface area (TPSA) is 0 Å². The molecule has 0 amide bonds. The van der Waals surface area contributed by atoms with Gasteiger partial charge in [0.25, 0.3) is 0 Å². The molecule has 28 heavy (non-hydrogen) atoms. The summed E-state index contributed by atoms with van der Waals surface area (Å²) in [5, 5.41) is 0. The van der Waals surface area contributed by atoms with Crippen molar-refractivity contribution >= 4 is 18.4 Å². The molecule has 0 radical (unpaired) electrons. The monoisotopic (exact) mass is 500 g/mol. The fraction of sp³-hybridized carbons (Fsp3) is 1.00. The first-order valence-electron chi connectivity index (χ1n) is 13.8. The van der Waals surface area contributed by atoms with Gasteiger partial charge in [-0.15, -0.1) is 0 Å². The SMILES string of the molecule is CCCCCCC[CH2][Sn]([CH2]CCCCCCC)([CH2]CCCCCCC)[CH]1CC1. The van der Waals surface area contributed by atoms with Gasteiger partial charge >= 0.3 is 185 Å². The van der Waals surface area contributed by atoms with E-state index in [0.29, 0.717) is 0 Å². The van der Waals surface area contributed by atoms with E-state index in [-0.39, 0.29) is 0 Å². The van der Waals surface area contributed by atoms with Crippen molar-refractivity contribution in [3.63, 3.8) is 0 Å². The summed E-state index contributed by atoms with van der Waals surface area (Å²) in [6, 6.07) is 0. The van der Waals surface area contributed by atoms with Gasteiger partial charge in [0.2, 0.25) is 0 Å². The Morgan fingerprint density at radius 2 is 0.714 bits per heavy atom. The first-order chi connectivity index (χ1) is 13.8. The molecule has 0 aromatic rings. The first-order valence-corrected chi connectivity index (χ1v) is 21.5. The molecule has 0 heterocycles. The van der Waals surface area contributed by atoms with Crippen molar-refractivity contribution in [2.75, 3.05) is 0 Å². The van der Waals surface area contributed by atoms with E-state index < -0.39 is 18.4 Å². The summed E-state index contributed by atoms with van der Waals surface area (Å²) in [4.78, 5) is 0. The zero-order valence-electron chi connectivity index (χ0n) is 20.3. The summed E-state index contributed by atoms with van der Waals surface area (Å²) in [5.74, 6) is 0. The van der Waals surface area contributed by atoms with Gasteiger partial charge in [-0.25, -0.2) is 0 Å². The molecule has 1 saturated carbocycles. The Bertz CT molecular complexity index is 279. The van der Waals surface area contributed by atoms with E-state index in [1.807, 2.05) is 0 Å². The second-order valence-corrected chi connectivity index (χ2v) is 24.6. The molecule has 0 saturated heterocycles. The van der Waals surface area contributed by atoms with Gasteiger partial charge < -0.3 is 0 Å². The zero-order chi connectivity index (χ0) is 20.3. The van der Waals surface area contributed by atoms with Gasteiger partial charge in [-0.05, 0) is 0 Å². The predicted molar refractivity (Wildman–Crippen MR) is 133 cm³/mol. The van der Waals surface area contributed by atoms with Crippen molar-refractivity contribution in [1.29, 1.82) is 0 Å². The number of rotatable bonds is 22. The van der Waals surface area contributed by atoms with Crippen molar-refractivity contribution in [2.45, 2.75) is 166 Å². The van der Waals surface area contributed by atoms with Crippen molar-refractivity contribution < 1.29 is 0 Å². The zero-order valence-corrected chi connectivity index (χ0v) is 23.2. The molecule has 1 aliphatic carbocycles. The third-order valence-electron chi connectivity index (χ3n) is 7.53. The minimum atomic E-state index is -1.85. The van der Waals surface area contributed by atoms with E-state index in [0.717, 1.165) is 0 Å². The molecule has 168 valence electrons. The van der Waals surface area contributed by atoms with Gasteiger partial charge in [0.1, 0.15) is 0 Å². The quantitative estimate of drug-likeness (QED) is 0.103. The Morgan fingerprint density at radius 1 is 0.429 bits per heavy atom. The molecule has 0 aromatic heterocycles. The van der Waals surface area contributed by atoms with Crippen LogP contribution in [0.1, 0.15) is 149 Å². The molecule has 1 rings (SSSR count). The Hall–Kier alpha value is 0.799. The molecule has 0 unspecified atom stereocenters. The van der Waals surface area contributed by atoms with Crippen molar-refractivity contribution in [1.82, 2.24) is 0 Å². The predicted octanol–water partition coefficient (Wildman–Crippen LogP) is 10.7. The van der Waals surface area contributed by atoms with Crippen LogP contribution >= 0.6 is 0 Å². The van der Waals surface area contributed by atoms with Gasteiger partial charge in [-0.1, -0.05) is 0 Å². The molecule has 0 nitrogen and oxygen atoms in total. The van der Waals surface area contributed by atoms with Crippen LogP contribution in [-0.4, -0.2) is 18.4 Å². The Morgan fingerprint density at radius 3 is 1.00 bits per heavy atom. The van der Waals surface area contributed by atoms with E-state index in [4.69, 9.17) is 0 Å². The van der Waals surface area contributed by atoms with Crippen molar-refractivity contribution in [3.05, 3.63) is 0 Å². The molecule has 1 aliphatic rings. The van der Waals surface area contributed by atoms with Gasteiger partial charge in [-0.3, -0.25) is 0 Å². The van der Waals surface area contributed by atoms with Crippen LogP contribution in [0.4, 0.5) is 0 Å². The van der Waals surface area contributed by atoms with Crippen LogP contribution in [0.25, 0.3) is 0 Å². The summed E-state index contributed by atoms with van der Waals surface area (Å²) in [6.45, 7) is 7.03. The number of hydrogen-bond donors (Lipinski definition) is 0.